The third kappa shape index (κ3) is 4.09. The van der Waals surface area contributed by atoms with Crippen LogP contribution in [0.4, 0.5) is 0 Å². The zero-order valence-corrected chi connectivity index (χ0v) is 12.5. The zero-order valence-electron chi connectivity index (χ0n) is 9.33. The van der Waals surface area contributed by atoms with Crippen molar-refractivity contribution >= 4 is 45.1 Å². The largest absolute Gasteiger partial charge is 0.591 e. The number of nitrogens with zero attached hydrogens (tertiary/aromatic N) is 1. The molecule has 1 atom stereocenters. The number of rotatable bonds is 2. The van der Waals surface area contributed by atoms with E-state index >= 15 is 0 Å². The molecule has 0 unspecified atom stereocenters. The molecular formula is C11H13BrClNOS. The van der Waals surface area contributed by atoms with E-state index in [1.165, 1.54) is 0 Å². The van der Waals surface area contributed by atoms with Crippen LogP contribution in [0.5, 0.6) is 0 Å². The van der Waals surface area contributed by atoms with E-state index in [2.05, 4.69) is 20.3 Å². The summed E-state index contributed by atoms with van der Waals surface area (Å²) >= 11 is 8.07. The summed E-state index contributed by atoms with van der Waals surface area (Å²) in [5, 5.41) is 0.587. The monoisotopic (exact) mass is 321 g/mol. The predicted octanol–water partition coefficient (Wildman–Crippen LogP) is 3.98. The first kappa shape index (κ1) is 14.0. The van der Waals surface area contributed by atoms with Gasteiger partial charge in [0.15, 0.2) is 0 Å². The van der Waals surface area contributed by atoms with Crippen LogP contribution in [-0.4, -0.2) is 15.5 Å². The van der Waals surface area contributed by atoms with Crippen LogP contribution in [-0.2, 0) is 11.4 Å². The summed E-state index contributed by atoms with van der Waals surface area (Å²) < 4.78 is 16.2. The summed E-state index contributed by atoms with van der Waals surface area (Å²) in [6.45, 7) is 5.64. The Balaban J connectivity index is 2.85. The first-order valence-electron chi connectivity index (χ1n) is 4.72. The van der Waals surface area contributed by atoms with Crippen molar-refractivity contribution in [2.45, 2.75) is 25.5 Å². The maximum absolute atomic E-state index is 11.7. The van der Waals surface area contributed by atoms with E-state index in [9.17, 15) is 4.55 Å². The van der Waals surface area contributed by atoms with Crippen molar-refractivity contribution in [1.29, 1.82) is 0 Å². The highest BCUT2D eigenvalue weighted by atomic mass is 79.9. The van der Waals surface area contributed by atoms with Crippen LogP contribution >= 0.6 is 27.5 Å². The third-order valence-corrected chi connectivity index (χ3v) is 3.94. The minimum Gasteiger partial charge on any atom is -0.591 e. The smallest absolute Gasteiger partial charge is 0.144 e. The minimum atomic E-state index is -1.25. The average Bonchev–Trinajstić information content (AvgIpc) is 2.14. The molecule has 16 heavy (non-hydrogen) atoms. The van der Waals surface area contributed by atoms with Gasteiger partial charge < -0.3 is 4.55 Å². The van der Waals surface area contributed by atoms with E-state index in [0.29, 0.717) is 5.02 Å². The molecule has 0 amide bonds. The van der Waals surface area contributed by atoms with Crippen LogP contribution in [0.1, 0.15) is 26.3 Å². The Labute approximate surface area is 113 Å². The van der Waals surface area contributed by atoms with Gasteiger partial charge >= 0.3 is 0 Å². The topological polar surface area (TPSA) is 35.4 Å². The van der Waals surface area contributed by atoms with E-state index in [4.69, 9.17) is 11.6 Å². The molecule has 0 saturated heterocycles. The molecule has 0 aliphatic heterocycles. The second-order valence-electron chi connectivity index (χ2n) is 4.26. The van der Waals surface area contributed by atoms with Crippen LogP contribution in [0.15, 0.2) is 27.1 Å². The van der Waals surface area contributed by atoms with Gasteiger partial charge in [-0.25, -0.2) is 0 Å². The maximum atomic E-state index is 11.7. The Bertz CT molecular complexity index is 403. The van der Waals surface area contributed by atoms with Gasteiger partial charge in [-0.15, -0.1) is 0 Å². The molecule has 0 aromatic heterocycles. The van der Waals surface area contributed by atoms with Gasteiger partial charge in [-0.3, -0.25) is 0 Å². The van der Waals surface area contributed by atoms with Crippen molar-refractivity contribution in [2.24, 2.45) is 4.40 Å². The van der Waals surface area contributed by atoms with Crippen LogP contribution < -0.4 is 0 Å². The molecule has 0 bridgehead atoms. The van der Waals surface area contributed by atoms with Gasteiger partial charge in [0.1, 0.15) is 16.1 Å². The number of hydrogen-bond acceptors (Lipinski definition) is 2. The summed E-state index contributed by atoms with van der Waals surface area (Å²) in [4.78, 5) is 0. The second kappa shape index (κ2) is 5.54. The molecule has 0 fully saturated rings. The third-order valence-electron chi connectivity index (χ3n) is 1.77. The number of hydrogen-bond donors (Lipinski definition) is 0. The Morgan fingerprint density at radius 2 is 2.06 bits per heavy atom. The second-order valence-corrected chi connectivity index (χ2v) is 7.52. The summed E-state index contributed by atoms with van der Waals surface area (Å²) in [7, 11) is 0. The van der Waals surface area contributed by atoms with Gasteiger partial charge in [0.2, 0.25) is 0 Å². The first-order chi connectivity index (χ1) is 7.30. The molecule has 0 aliphatic carbocycles. The van der Waals surface area contributed by atoms with E-state index in [-0.39, 0.29) is 4.75 Å². The molecule has 0 heterocycles. The predicted molar refractivity (Wildman–Crippen MR) is 74.6 cm³/mol. The molecule has 88 valence electrons. The fourth-order valence-electron chi connectivity index (χ4n) is 0.869. The van der Waals surface area contributed by atoms with Crippen molar-refractivity contribution < 1.29 is 4.55 Å². The Hall–Kier alpha value is -0.0300. The first-order valence-corrected chi connectivity index (χ1v) is 6.99. The van der Waals surface area contributed by atoms with Crippen LogP contribution in [0.25, 0.3) is 0 Å². The van der Waals surface area contributed by atoms with Crippen LogP contribution in [0.2, 0.25) is 5.02 Å². The highest BCUT2D eigenvalue weighted by molar-refractivity contribution is 9.10. The van der Waals surface area contributed by atoms with Crippen LogP contribution in [0.3, 0.4) is 0 Å². The van der Waals surface area contributed by atoms with Crippen molar-refractivity contribution in [3.8, 4) is 0 Å². The van der Waals surface area contributed by atoms with E-state index in [1.54, 1.807) is 12.3 Å². The van der Waals surface area contributed by atoms with E-state index < -0.39 is 11.4 Å². The molecule has 1 rings (SSSR count). The van der Waals surface area contributed by atoms with Gasteiger partial charge in [-0.2, -0.15) is 0 Å². The molecule has 5 heteroatoms. The van der Waals surface area contributed by atoms with Crippen molar-refractivity contribution in [3.05, 3.63) is 33.3 Å². The molecule has 2 nitrogen and oxygen atoms in total. The average molecular weight is 323 g/mol. The lowest BCUT2D eigenvalue weighted by Gasteiger charge is -2.17. The van der Waals surface area contributed by atoms with Gasteiger partial charge in [-0.05, 0) is 32.9 Å². The lowest BCUT2D eigenvalue weighted by molar-refractivity contribution is 0.562. The van der Waals surface area contributed by atoms with Crippen molar-refractivity contribution in [2.75, 3.05) is 0 Å². The molecule has 0 aliphatic rings. The molecular weight excluding hydrogens is 310 g/mol. The lowest BCUT2D eigenvalue weighted by Crippen LogP contribution is -2.25. The Morgan fingerprint density at radius 3 is 2.56 bits per heavy atom. The van der Waals surface area contributed by atoms with Gasteiger partial charge in [-0.1, -0.05) is 38.0 Å². The quantitative estimate of drug-likeness (QED) is 0.599. The van der Waals surface area contributed by atoms with Gasteiger partial charge in [0.25, 0.3) is 0 Å². The summed E-state index contributed by atoms with van der Waals surface area (Å²) in [6, 6.07) is 5.48. The fourth-order valence-corrected chi connectivity index (χ4v) is 2.12. The normalized spacial score (nSPS) is 14.4. The Kier molecular flexibility index (Phi) is 4.86. The zero-order chi connectivity index (χ0) is 12.3. The lowest BCUT2D eigenvalue weighted by atomic mass is 10.2. The molecule has 0 spiro atoms. The van der Waals surface area contributed by atoms with Gasteiger partial charge in [0.05, 0.1) is 11.2 Å². The van der Waals surface area contributed by atoms with Gasteiger partial charge in [0, 0.05) is 10.0 Å². The SMILES string of the molecule is CC(C)(C)[S@+]([O-])N=Cc1ccc(Br)cc1Cl. The molecule has 0 saturated carbocycles. The molecule has 1 aromatic rings. The Morgan fingerprint density at radius 1 is 1.44 bits per heavy atom. The van der Waals surface area contributed by atoms with E-state index in [1.807, 2.05) is 32.9 Å². The van der Waals surface area contributed by atoms with Crippen LogP contribution in [0, 0.1) is 0 Å². The van der Waals surface area contributed by atoms with Crippen molar-refractivity contribution in [3.63, 3.8) is 0 Å². The molecule has 0 N–H and O–H groups in total. The van der Waals surface area contributed by atoms with Crippen molar-refractivity contribution in [1.82, 2.24) is 0 Å². The van der Waals surface area contributed by atoms with E-state index in [0.717, 1.165) is 10.0 Å². The fraction of sp³-hybridized carbons (Fsp3) is 0.364. The summed E-state index contributed by atoms with van der Waals surface area (Å²) in [6.07, 6.45) is 1.55. The molecule has 1 aromatic carbocycles. The minimum absolute atomic E-state index is 0.349. The number of halogens is 2. The highest BCUT2D eigenvalue weighted by Gasteiger charge is 2.25. The molecule has 0 radical (unpaired) electrons. The number of benzene rings is 1. The summed E-state index contributed by atoms with van der Waals surface area (Å²) in [5.74, 6) is 0. The summed E-state index contributed by atoms with van der Waals surface area (Å²) in [5.41, 5.74) is 0.766. The standard InChI is InChI=1S/C11H13BrClNOS/c1-11(2,3)16(15)14-7-8-4-5-9(12)6-10(8)13/h4-7H,1-3H3/t16-/m0/s1. The highest BCUT2D eigenvalue weighted by Crippen LogP contribution is 2.21. The maximum Gasteiger partial charge on any atom is 0.144 e.